The van der Waals surface area contributed by atoms with Crippen molar-refractivity contribution in [2.45, 2.75) is 30.8 Å². The van der Waals surface area contributed by atoms with Gasteiger partial charge in [-0.25, -0.2) is 0 Å². The van der Waals surface area contributed by atoms with Gasteiger partial charge in [0.1, 0.15) is 6.10 Å². The Balaban J connectivity index is 1.92. The van der Waals surface area contributed by atoms with Gasteiger partial charge in [0.2, 0.25) is 6.79 Å². The van der Waals surface area contributed by atoms with Crippen molar-refractivity contribution in [3.63, 3.8) is 0 Å². The zero-order chi connectivity index (χ0) is 14.2. The van der Waals surface area contributed by atoms with Crippen molar-refractivity contribution >= 4 is 0 Å². The maximum Gasteiger partial charge on any atom is 0.231 e. The van der Waals surface area contributed by atoms with E-state index in [4.69, 9.17) is 30.4 Å². The first-order chi connectivity index (χ1) is 9.66. The normalized spacial score (nSPS) is 32.4. The summed E-state index contributed by atoms with van der Waals surface area (Å²) in [5, 5.41) is 0. The highest BCUT2D eigenvalue weighted by Crippen LogP contribution is 2.41. The summed E-state index contributed by atoms with van der Waals surface area (Å²) in [4.78, 5) is 0. The smallest absolute Gasteiger partial charge is 0.231 e. The third-order valence-electron chi connectivity index (χ3n) is 4.00. The molecule has 0 aromatic heterocycles. The molecule has 1 aromatic rings. The van der Waals surface area contributed by atoms with E-state index in [2.05, 4.69) is 0 Å². The predicted molar refractivity (Wildman–Crippen MR) is 72.4 cm³/mol. The van der Waals surface area contributed by atoms with Crippen molar-refractivity contribution in [3.05, 3.63) is 23.8 Å². The number of hydrogen-bond acceptors (Lipinski definition) is 6. The molecular weight excluding hydrogens is 260 g/mol. The first-order valence-corrected chi connectivity index (χ1v) is 6.73. The molecule has 0 aliphatic carbocycles. The van der Waals surface area contributed by atoms with Crippen LogP contribution in [0.25, 0.3) is 0 Å². The van der Waals surface area contributed by atoms with E-state index >= 15 is 0 Å². The second-order valence-electron chi connectivity index (χ2n) is 5.27. The Hall–Kier alpha value is -1.34. The summed E-state index contributed by atoms with van der Waals surface area (Å²) in [6.45, 7) is 0.595. The fourth-order valence-electron chi connectivity index (χ4n) is 2.74. The second-order valence-corrected chi connectivity index (χ2v) is 5.27. The summed E-state index contributed by atoms with van der Waals surface area (Å²) in [6, 6.07) is 5.71. The van der Waals surface area contributed by atoms with Gasteiger partial charge < -0.3 is 30.4 Å². The van der Waals surface area contributed by atoms with Crippen molar-refractivity contribution in [2.75, 3.05) is 20.4 Å². The quantitative estimate of drug-likeness (QED) is 0.855. The SMILES string of the molecule is COC1CCC(N)(CN)C(c2ccc3c(c2)OCO3)O1. The molecule has 0 amide bonds. The molecule has 0 spiro atoms. The molecule has 0 saturated carbocycles. The average Bonchev–Trinajstić information content (AvgIpc) is 2.95. The summed E-state index contributed by atoms with van der Waals surface area (Å²) in [6.07, 6.45) is 0.918. The van der Waals surface area contributed by atoms with Gasteiger partial charge in [-0.05, 0) is 24.1 Å². The standard InChI is InChI=1S/C14H20N2O4/c1-17-12-4-5-14(16,7-15)13(20-12)9-2-3-10-11(6-9)19-8-18-10/h2-3,6,12-13H,4-5,7-8,15-16H2,1H3. The van der Waals surface area contributed by atoms with E-state index in [0.717, 1.165) is 24.2 Å². The highest BCUT2D eigenvalue weighted by atomic mass is 16.7. The molecule has 2 aliphatic rings. The van der Waals surface area contributed by atoms with Crippen molar-refractivity contribution in [1.29, 1.82) is 0 Å². The van der Waals surface area contributed by atoms with Gasteiger partial charge >= 0.3 is 0 Å². The van der Waals surface area contributed by atoms with E-state index in [1.807, 2.05) is 18.2 Å². The topological polar surface area (TPSA) is 89.0 Å². The minimum Gasteiger partial charge on any atom is -0.454 e. The van der Waals surface area contributed by atoms with Gasteiger partial charge in [-0.15, -0.1) is 0 Å². The average molecular weight is 280 g/mol. The van der Waals surface area contributed by atoms with Crippen LogP contribution in [0.15, 0.2) is 18.2 Å². The highest BCUT2D eigenvalue weighted by molar-refractivity contribution is 5.45. The Bertz CT molecular complexity index is 496. The van der Waals surface area contributed by atoms with Gasteiger partial charge in [-0.3, -0.25) is 0 Å². The summed E-state index contributed by atoms with van der Waals surface area (Å²) in [5.41, 5.74) is 12.6. The molecule has 3 rings (SSSR count). The van der Waals surface area contributed by atoms with Crippen LogP contribution in [0.4, 0.5) is 0 Å². The van der Waals surface area contributed by atoms with Gasteiger partial charge in [-0.2, -0.15) is 0 Å². The van der Waals surface area contributed by atoms with E-state index in [1.54, 1.807) is 7.11 Å². The number of rotatable bonds is 3. The minimum atomic E-state index is -0.595. The van der Waals surface area contributed by atoms with Crippen LogP contribution in [-0.4, -0.2) is 32.3 Å². The van der Waals surface area contributed by atoms with Gasteiger partial charge in [-0.1, -0.05) is 6.07 Å². The molecule has 1 saturated heterocycles. The molecule has 6 nitrogen and oxygen atoms in total. The number of nitrogens with two attached hydrogens (primary N) is 2. The molecule has 4 N–H and O–H groups in total. The lowest BCUT2D eigenvalue weighted by Crippen LogP contribution is -2.56. The maximum absolute atomic E-state index is 6.42. The third kappa shape index (κ3) is 2.25. The molecule has 110 valence electrons. The Morgan fingerprint density at radius 3 is 2.90 bits per heavy atom. The van der Waals surface area contributed by atoms with Crippen LogP contribution in [0.3, 0.4) is 0 Å². The Kier molecular flexibility index (Phi) is 3.55. The van der Waals surface area contributed by atoms with Crippen molar-refractivity contribution in [3.8, 4) is 11.5 Å². The predicted octanol–water partition coefficient (Wildman–Crippen LogP) is 0.896. The molecule has 3 atom stereocenters. The number of benzene rings is 1. The zero-order valence-electron chi connectivity index (χ0n) is 11.5. The molecule has 0 radical (unpaired) electrons. The van der Waals surface area contributed by atoms with E-state index < -0.39 is 5.54 Å². The fourth-order valence-corrected chi connectivity index (χ4v) is 2.74. The van der Waals surface area contributed by atoms with Crippen LogP contribution >= 0.6 is 0 Å². The molecule has 3 unspecified atom stereocenters. The Morgan fingerprint density at radius 2 is 2.15 bits per heavy atom. The van der Waals surface area contributed by atoms with Crippen LogP contribution in [-0.2, 0) is 9.47 Å². The minimum absolute atomic E-state index is 0.246. The van der Waals surface area contributed by atoms with Crippen molar-refractivity contribution in [2.24, 2.45) is 11.5 Å². The number of ether oxygens (including phenoxy) is 4. The van der Waals surface area contributed by atoms with Gasteiger partial charge in [0, 0.05) is 20.1 Å². The van der Waals surface area contributed by atoms with Crippen LogP contribution in [0.2, 0.25) is 0 Å². The number of methoxy groups -OCH3 is 1. The monoisotopic (exact) mass is 280 g/mol. The van der Waals surface area contributed by atoms with E-state index in [1.165, 1.54) is 0 Å². The molecule has 2 heterocycles. The lowest BCUT2D eigenvalue weighted by molar-refractivity contribution is -0.204. The van der Waals surface area contributed by atoms with Crippen molar-refractivity contribution < 1.29 is 18.9 Å². The lowest BCUT2D eigenvalue weighted by Gasteiger charge is -2.43. The Morgan fingerprint density at radius 1 is 1.35 bits per heavy atom. The van der Waals surface area contributed by atoms with E-state index in [-0.39, 0.29) is 19.2 Å². The Labute approximate surface area is 117 Å². The molecule has 6 heteroatoms. The molecule has 0 bridgehead atoms. The summed E-state index contributed by atoms with van der Waals surface area (Å²) < 4.78 is 22.0. The third-order valence-corrected chi connectivity index (χ3v) is 4.00. The lowest BCUT2D eigenvalue weighted by atomic mass is 9.82. The van der Waals surface area contributed by atoms with Gasteiger partial charge in [0.15, 0.2) is 17.8 Å². The number of fused-ring (bicyclic) bond motifs is 1. The fraction of sp³-hybridized carbons (Fsp3) is 0.571. The van der Waals surface area contributed by atoms with Crippen LogP contribution in [0.1, 0.15) is 24.5 Å². The molecule has 1 aromatic carbocycles. The van der Waals surface area contributed by atoms with Gasteiger partial charge in [0.25, 0.3) is 0 Å². The van der Waals surface area contributed by atoms with E-state index in [9.17, 15) is 0 Å². The largest absolute Gasteiger partial charge is 0.454 e. The van der Waals surface area contributed by atoms with Crippen molar-refractivity contribution in [1.82, 2.24) is 0 Å². The maximum atomic E-state index is 6.42. The van der Waals surface area contributed by atoms with Gasteiger partial charge in [0.05, 0.1) is 5.54 Å². The molecule has 1 fully saturated rings. The van der Waals surface area contributed by atoms with E-state index in [0.29, 0.717) is 12.3 Å². The summed E-state index contributed by atoms with van der Waals surface area (Å²) >= 11 is 0. The highest BCUT2D eigenvalue weighted by Gasteiger charge is 2.42. The molecule has 2 aliphatic heterocycles. The van der Waals surface area contributed by atoms with Crippen LogP contribution in [0, 0.1) is 0 Å². The summed E-state index contributed by atoms with van der Waals surface area (Å²) in [7, 11) is 1.63. The first kappa shape index (κ1) is 13.6. The number of hydrogen-bond donors (Lipinski definition) is 2. The van der Waals surface area contributed by atoms with Crippen LogP contribution < -0.4 is 20.9 Å². The summed E-state index contributed by atoms with van der Waals surface area (Å²) in [5.74, 6) is 1.45. The molecular formula is C14H20N2O4. The van der Waals surface area contributed by atoms with Crippen LogP contribution in [0.5, 0.6) is 11.5 Å². The first-order valence-electron chi connectivity index (χ1n) is 6.73. The zero-order valence-corrected chi connectivity index (χ0v) is 11.5. The molecule has 20 heavy (non-hydrogen) atoms. The second kappa shape index (κ2) is 5.21.